The van der Waals surface area contributed by atoms with Gasteiger partial charge in [-0.2, -0.15) is 0 Å². The molecular weight excluding hydrogens is 384 g/mol. The van der Waals surface area contributed by atoms with Crippen molar-refractivity contribution in [1.29, 1.82) is 0 Å². The molecule has 29 heavy (non-hydrogen) atoms. The molecule has 0 saturated carbocycles. The molecule has 0 fully saturated rings. The molecule has 2 aliphatic rings. The van der Waals surface area contributed by atoms with Gasteiger partial charge in [0.05, 0.1) is 0 Å². The first-order valence-corrected chi connectivity index (χ1v) is 14.1. The monoisotopic (exact) mass is 416 g/mol. The number of rotatable bonds is 6. The molecule has 0 unspecified atom stereocenters. The second-order valence-corrected chi connectivity index (χ2v) is 14.9. The second kappa shape index (κ2) is 8.46. The molecule has 0 spiro atoms. The van der Waals surface area contributed by atoms with E-state index in [0.717, 1.165) is 12.8 Å². The Morgan fingerprint density at radius 3 is 1.38 bits per heavy atom. The summed E-state index contributed by atoms with van der Waals surface area (Å²) in [6.45, 7) is 9.40. The van der Waals surface area contributed by atoms with Crippen LogP contribution in [0.2, 0.25) is 0 Å². The zero-order chi connectivity index (χ0) is 20.4. The first-order valence-electron chi connectivity index (χ1n) is 11.0. The van der Waals surface area contributed by atoms with Gasteiger partial charge in [0.15, 0.2) is 0 Å². The van der Waals surface area contributed by atoms with Gasteiger partial charge in [0.2, 0.25) is 0 Å². The molecule has 0 bridgehead atoms. The van der Waals surface area contributed by atoms with Crippen LogP contribution in [0.3, 0.4) is 0 Å². The minimum absolute atomic E-state index is 0.521. The average molecular weight is 416 g/mol. The Kier molecular flexibility index (Phi) is 5.95. The van der Waals surface area contributed by atoms with Gasteiger partial charge < -0.3 is 0 Å². The molecule has 2 aromatic rings. The van der Waals surface area contributed by atoms with Crippen LogP contribution in [0.4, 0.5) is 0 Å². The summed E-state index contributed by atoms with van der Waals surface area (Å²) in [5.41, 5.74) is 3.07. The zero-order valence-corrected chi connectivity index (χ0v) is 19.7. The van der Waals surface area contributed by atoms with Crippen molar-refractivity contribution in [3.05, 3.63) is 104 Å². The topological polar surface area (TPSA) is 0 Å². The molecule has 2 aliphatic carbocycles. The summed E-state index contributed by atoms with van der Waals surface area (Å²) < 4.78 is 6.64. The van der Waals surface area contributed by atoms with Crippen molar-refractivity contribution in [3.8, 4) is 0 Å². The first kappa shape index (κ1) is 20.4. The van der Waals surface area contributed by atoms with Crippen molar-refractivity contribution in [2.24, 2.45) is 0 Å². The van der Waals surface area contributed by atoms with Gasteiger partial charge in [0.25, 0.3) is 0 Å². The van der Waals surface area contributed by atoms with E-state index < -0.39 is 16.6 Å². The molecule has 0 heterocycles. The van der Waals surface area contributed by atoms with Crippen molar-refractivity contribution >= 4 is 7.74 Å². The molecule has 0 atom stereocenters. The van der Waals surface area contributed by atoms with Gasteiger partial charge in [-0.05, 0) is 0 Å². The predicted molar refractivity (Wildman–Crippen MR) is 124 cm³/mol. The molecular formula is C28H32Ti. The number of hydrogen-bond acceptors (Lipinski definition) is 0. The Morgan fingerprint density at radius 1 is 0.621 bits per heavy atom. The van der Waals surface area contributed by atoms with Crippen molar-refractivity contribution in [2.75, 3.05) is 0 Å². The third kappa shape index (κ3) is 3.47. The summed E-state index contributed by atoms with van der Waals surface area (Å²) in [6, 6.07) is 18.7. The standard InChI is InChI=1S/2C9H11.2C5H5.Ti/c2*1-8(2)9-6-4-3-5-7-9;2*1-2-4-5-3-1;/h2*3-6,8H,1-2H3;2*1-3H,4H2;. The van der Waals surface area contributed by atoms with Gasteiger partial charge in [-0.1, -0.05) is 0 Å². The Balaban J connectivity index is 2.13. The molecule has 0 radical (unpaired) electrons. The van der Waals surface area contributed by atoms with Gasteiger partial charge >= 0.3 is 181 Å². The second-order valence-electron chi connectivity index (χ2n) is 8.88. The summed E-state index contributed by atoms with van der Waals surface area (Å²) >= 11 is -3.03. The molecule has 4 rings (SSSR count). The van der Waals surface area contributed by atoms with Crippen LogP contribution in [0.1, 0.15) is 63.5 Å². The molecule has 0 amide bonds. The van der Waals surface area contributed by atoms with Crippen LogP contribution in [0, 0.1) is 0 Å². The normalized spacial score (nSPS) is 16.1. The maximum atomic E-state index is 2.46. The molecule has 0 aromatic heterocycles. The predicted octanol–water partition coefficient (Wildman–Crippen LogP) is 6.73. The van der Waals surface area contributed by atoms with E-state index in [1.54, 1.807) is 15.5 Å². The molecule has 0 saturated heterocycles. The number of hydrogen-bond donors (Lipinski definition) is 0. The van der Waals surface area contributed by atoms with E-state index in [9.17, 15) is 0 Å². The van der Waals surface area contributed by atoms with Gasteiger partial charge in [0.1, 0.15) is 0 Å². The van der Waals surface area contributed by atoms with Crippen LogP contribution in [0.15, 0.2) is 92.7 Å². The Morgan fingerprint density at radius 2 is 1.03 bits per heavy atom. The first-order chi connectivity index (χ1) is 14.1. The summed E-state index contributed by atoms with van der Waals surface area (Å²) in [4.78, 5) is 0. The fraction of sp³-hybridized carbons (Fsp3) is 0.286. The summed E-state index contributed by atoms with van der Waals surface area (Å²) in [7, 11) is 0. The van der Waals surface area contributed by atoms with E-state index in [2.05, 4.69) is 113 Å². The van der Waals surface area contributed by atoms with E-state index >= 15 is 0 Å². The molecule has 2 aromatic carbocycles. The fourth-order valence-corrected chi connectivity index (χ4v) is 14.4. The van der Waals surface area contributed by atoms with E-state index in [1.807, 2.05) is 0 Å². The van der Waals surface area contributed by atoms with E-state index in [1.165, 1.54) is 11.1 Å². The van der Waals surface area contributed by atoms with Gasteiger partial charge in [0, 0.05) is 0 Å². The minimum atomic E-state index is -3.03. The molecule has 0 nitrogen and oxygen atoms in total. The van der Waals surface area contributed by atoms with Crippen LogP contribution in [-0.2, 0) is 16.6 Å². The quantitative estimate of drug-likeness (QED) is 0.458. The van der Waals surface area contributed by atoms with Gasteiger partial charge in [-0.3, -0.25) is 0 Å². The fourth-order valence-electron chi connectivity index (χ4n) is 5.18. The SMILES string of the molecule is CC(C)c1cccc[c]1[Ti]([C]1=CC=CC1)([C]1=CC=CC1)[c]1ccccc1C(C)C. The van der Waals surface area contributed by atoms with Crippen molar-refractivity contribution in [1.82, 2.24) is 0 Å². The zero-order valence-electron chi connectivity index (χ0n) is 18.2. The number of allylic oxidation sites excluding steroid dienone is 8. The Bertz CT molecular complexity index is 931. The molecule has 0 N–H and O–H groups in total. The third-order valence-electron chi connectivity index (χ3n) is 6.48. The van der Waals surface area contributed by atoms with Crippen LogP contribution in [-0.4, -0.2) is 0 Å². The Labute approximate surface area is 180 Å². The van der Waals surface area contributed by atoms with E-state index in [0.29, 0.717) is 11.8 Å². The van der Waals surface area contributed by atoms with Crippen LogP contribution >= 0.6 is 0 Å². The van der Waals surface area contributed by atoms with Crippen LogP contribution in [0.25, 0.3) is 0 Å². The number of benzene rings is 2. The van der Waals surface area contributed by atoms with Crippen LogP contribution in [0.5, 0.6) is 0 Å². The van der Waals surface area contributed by atoms with Crippen molar-refractivity contribution in [3.63, 3.8) is 0 Å². The Hall–Kier alpha value is -1.89. The molecule has 1 heteroatoms. The summed E-state index contributed by atoms with van der Waals surface area (Å²) in [5, 5.41) is 0. The molecule has 148 valence electrons. The third-order valence-corrected chi connectivity index (χ3v) is 14.6. The van der Waals surface area contributed by atoms with E-state index in [-0.39, 0.29) is 0 Å². The van der Waals surface area contributed by atoms with E-state index in [4.69, 9.17) is 0 Å². The summed E-state index contributed by atoms with van der Waals surface area (Å²) in [6.07, 6.45) is 16.4. The summed E-state index contributed by atoms with van der Waals surface area (Å²) in [5.74, 6) is 1.04. The molecule has 0 aliphatic heterocycles. The van der Waals surface area contributed by atoms with Crippen molar-refractivity contribution in [2.45, 2.75) is 52.4 Å². The average Bonchev–Trinajstić information content (AvgIpc) is 3.44. The van der Waals surface area contributed by atoms with Gasteiger partial charge in [-0.15, -0.1) is 0 Å². The van der Waals surface area contributed by atoms with Crippen molar-refractivity contribution < 1.29 is 16.6 Å². The van der Waals surface area contributed by atoms with Gasteiger partial charge in [-0.25, -0.2) is 0 Å². The van der Waals surface area contributed by atoms with Crippen LogP contribution < -0.4 is 7.74 Å². The maximum absolute atomic E-state index is 3.03.